The van der Waals surface area contributed by atoms with Crippen molar-refractivity contribution in [2.45, 2.75) is 44.1 Å². The number of piperidine rings is 1. The first-order valence-corrected chi connectivity index (χ1v) is 11.0. The van der Waals surface area contributed by atoms with Gasteiger partial charge in [0.2, 0.25) is 5.91 Å². The summed E-state index contributed by atoms with van der Waals surface area (Å²) in [5.41, 5.74) is 1.82. The molecule has 2 saturated heterocycles. The molecule has 2 heterocycles. The van der Waals surface area contributed by atoms with Crippen molar-refractivity contribution >= 4 is 23.2 Å². The molecule has 4 rings (SSSR count). The molecule has 0 spiro atoms. The molecule has 1 N–H and O–H groups in total. The molecule has 1 atom stereocenters. The third kappa shape index (κ3) is 4.19. The molecule has 2 fully saturated rings. The Morgan fingerprint density at radius 2 is 2.00 bits per heavy atom. The van der Waals surface area contributed by atoms with Crippen LogP contribution < -0.4 is 10.2 Å². The minimum absolute atomic E-state index is 0.00420. The molecular weight excluding hydrogens is 403 g/mol. The molecule has 160 valence electrons. The van der Waals surface area contributed by atoms with Gasteiger partial charge in [-0.15, -0.1) is 0 Å². The summed E-state index contributed by atoms with van der Waals surface area (Å²) < 4.78 is 20.0. The number of rotatable bonds is 4. The number of amides is 1. The van der Waals surface area contributed by atoms with Crippen molar-refractivity contribution in [2.75, 3.05) is 31.2 Å². The van der Waals surface area contributed by atoms with Crippen LogP contribution in [0.4, 0.5) is 10.1 Å². The number of halogens is 2. The van der Waals surface area contributed by atoms with Gasteiger partial charge >= 0.3 is 0 Å². The minimum atomic E-state index is -0.687. The predicted octanol–water partition coefficient (Wildman–Crippen LogP) is 4.62. The molecule has 0 bridgehead atoms. The van der Waals surface area contributed by atoms with Gasteiger partial charge in [0.1, 0.15) is 5.82 Å². The van der Waals surface area contributed by atoms with Gasteiger partial charge < -0.3 is 15.0 Å². The largest absolute Gasteiger partial charge is 0.381 e. The van der Waals surface area contributed by atoms with E-state index in [-0.39, 0.29) is 17.8 Å². The molecule has 1 amide bonds. The number of carbonyl (C=O) groups excluding carboxylic acids is 1. The first-order valence-electron chi connectivity index (χ1n) is 10.6. The van der Waals surface area contributed by atoms with Gasteiger partial charge in [-0.1, -0.05) is 35.9 Å². The van der Waals surface area contributed by atoms with Crippen molar-refractivity contribution in [3.63, 3.8) is 0 Å². The molecule has 2 aliphatic rings. The Morgan fingerprint density at radius 1 is 1.23 bits per heavy atom. The quantitative estimate of drug-likeness (QED) is 0.769. The molecule has 2 aromatic rings. The number of carbonyl (C=O) groups is 1. The van der Waals surface area contributed by atoms with Crippen LogP contribution in [0.3, 0.4) is 0 Å². The molecule has 0 aromatic heterocycles. The van der Waals surface area contributed by atoms with Gasteiger partial charge in [0.25, 0.3) is 0 Å². The van der Waals surface area contributed by atoms with E-state index in [0.717, 1.165) is 30.5 Å². The zero-order chi connectivity index (χ0) is 21.1. The second-order valence-electron chi connectivity index (χ2n) is 8.39. The maximum absolute atomic E-state index is 14.4. The summed E-state index contributed by atoms with van der Waals surface area (Å²) in [5, 5.41) is 3.88. The van der Waals surface area contributed by atoms with E-state index in [1.54, 1.807) is 6.07 Å². The monoisotopic (exact) mass is 430 g/mol. The standard InChI is InChI=1S/C24H28ClFN2O2/c1-17-8-9-21(26)22(15-17)28-12-4-5-18(16-28)27-23(29)24(10-13-30-14-11-24)19-6-2-3-7-20(19)25/h2-3,6-9,15,18H,4-5,10-14,16H2,1H3,(H,27,29). The first kappa shape index (κ1) is 21.1. The highest BCUT2D eigenvalue weighted by Gasteiger charge is 2.43. The molecule has 0 aliphatic carbocycles. The van der Waals surface area contributed by atoms with Gasteiger partial charge in [-0.05, 0) is 61.9 Å². The van der Waals surface area contributed by atoms with Crippen LogP contribution >= 0.6 is 11.6 Å². The van der Waals surface area contributed by atoms with E-state index in [1.165, 1.54) is 6.07 Å². The first-order chi connectivity index (χ1) is 14.5. The number of nitrogens with zero attached hydrogens (tertiary/aromatic N) is 1. The van der Waals surface area contributed by atoms with Crippen LogP contribution in [0.2, 0.25) is 5.02 Å². The van der Waals surface area contributed by atoms with Crippen molar-refractivity contribution < 1.29 is 13.9 Å². The number of nitrogens with one attached hydrogen (secondary N) is 1. The van der Waals surface area contributed by atoms with Crippen LogP contribution in [0.1, 0.15) is 36.8 Å². The topological polar surface area (TPSA) is 41.6 Å². The lowest BCUT2D eigenvalue weighted by atomic mass is 9.73. The van der Waals surface area contributed by atoms with E-state index in [9.17, 15) is 9.18 Å². The van der Waals surface area contributed by atoms with Gasteiger partial charge in [0.15, 0.2) is 0 Å². The van der Waals surface area contributed by atoms with Crippen molar-refractivity contribution in [1.82, 2.24) is 5.32 Å². The number of ether oxygens (including phenoxy) is 1. The van der Waals surface area contributed by atoms with Crippen LogP contribution in [0.15, 0.2) is 42.5 Å². The van der Waals surface area contributed by atoms with E-state index in [4.69, 9.17) is 16.3 Å². The minimum Gasteiger partial charge on any atom is -0.381 e. The van der Waals surface area contributed by atoms with E-state index in [0.29, 0.717) is 43.3 Å². The molecule has 30 heavy (non-hydrogen) atoms. The Labute approximate surface area is 182 Å². The summed E-state index contributed by atoms with van der Waals surface area (Å²) in [6.07, 6.45) is 2.99. The Bertz CT molecular complexity index is 914. The molecule has 2 aromatic carbocycles. The Balaban J connectivity index is 1.54. The van der Waals surface area contributed by atoms with E-state index in [2.05, 4.69) is 5.32 Å². The average Bonchev–Trinajstić information content (AvgIpc) is 2.76. The molecule has 1 unspecified atom stereocenters. The zero-order valence-corrected chi connectivity index (χ0v) is 18.1. The summed E-state index contributed by atoms with van der Waals surface area (Å²) >= 11 is 6.50. The summed E-state index contributed by atoms with van der Waals surface area (Å²) in [6.45, 7) is 4.41. The zero-order valence-electron chi connectivity index (χ0n) is 17.3. The maximum Gasteiger partial charge on any atom is 0.231 e. The van der Waals surface area contributed by atoms with Crippen molar-refractivity contribution in [3.8, 4) is 0 Å². The van der Waals surface area contributed by atoms with Crippen LogP contribution in [0, 0.1) is 12.7 Å². The fraction of sp³-hybridized carbons (Fsp3) is 0.458. The highest BCUT2D eigenvalue weighted by molar-refractivity contribution is 6.31. The molecule has 6 heteroatoms. The van der Waals surface area contributed by atoms with Gasteiger partial charge in [-0.3, -0.25) is 4.79 Å². The number of hydrogen-bond donors (Lipinski definition) is 1. The Hall–Kier alpha value is -2.11. The lowest BCUT2D eigenvalue weighted by Gasteiger charge is -2.40. The third-order valence-corrected chi connectivity index (χ3v) is 6.70. The van der Waals surface area contributed by atoms with E-state index >= 15 is 0 Å². The smallest absolute Gasteiger partial charge is 0.231 e. The normalized spacial score (nSPS) is 21.3. The van der Waals surface area contributed by atoms with Gasteiger partial charge in [-0.2, -0.15) is 0 Å². The number of anilines is 1. The van der Waals surface area contributed by atoms with Crippen LogP contribution in [0.25, 0.3) is 0 Å². The van der Waals surface area contributed by atoms with Crippen LogP contribution in [0.5, 0.6) is 0 Å². The summed E-state index contributed by atoms with van der Waals surface area (Å²) in [7, 11) is 0. The number of hydrogen-bond acceptors (Lipinski definition) is 3. The molecule has 2 aliphatic heterocycles. The van der Waals surface area contributed by atoms with Crippen LogP contribution in [-0.2, 0) is 14.9 Å². The number of benzene rings is 2. The second kappa shape index (κ2) is 8.94. The average molecular weight is 431 g/mol. The molecule has 0 radical (unpaired) electrons. The number of aryl methyl sites for hydroxylation is 1. The highest BCUT2D eigenvalue weighted by atomic mass is 35.5. The summed E-state index contributed by atoms with van der Waals surface area (Å²) in [4.78, 5) is 15.6. The van der Waals surface area contributed by atoms with E-state index in [1.807, 2.05) is 42.2 Å². The molecule has 4 nitrogen and oxygen atoms in total. The van der Waals surface area contributed by atoms with Crippen LogP contribution in [-0.4, -0.2) is 38.3 Å². The third-order valence-electron chi connectivity index (χ3n) is 6.37. The lowest BCUT2D eigenvalue weighted by molar-refractivity contribution is -0.131. The molecule has 0 saturated carbocycles. The van der Waals surface area contributed by atoms with Gasteiger partial charge in [0.05, 0.1) is 11.1 Å². The summed E-state index contributed by atoms with van der Waals surface area (Å²) in [6, 6.07) is 12.7. The van der Waals surface area contributed by atoms with Crippen molar-refractivity contribution in [2.24, 2.45) is 0 Å². The predicted molar refractivity (Wildman–Crippen MR) is 118 cm³/mol. The fourth-order valence-corrected chi connectivity index (χ4v) is 5.01. The van der Waals surface area contributed by atoms with Gasteiger partial charge in [-0.25, -0.2) is 4.39 Å². The maximum atomic E-state index is 14.4. The van der Waals surface area contributed by atoms with E-state index < -0.39 is 5.41 Å². The van der Waals surface area contributed by atoms with Gasteiger partial charge in [0, 0.05) is 37.4 Å². The Morgan fingerprint density at radius 3 is 2.77 bits per heavy atom. The van der Waals surface area contributed by atoms with Crippen molar-refractivity contribution in [1.29, 1.82) is 0 Å². The second-order valence-corrected chi connectivity index (χ2v) is 8.80. The molecular formula is C24H28ClFN2O2. The summed E-state index contributed by atoms with van der Waals surface area (Å²) in [5.74, 6) is -0.222. The fourth-order valence-electron chi connectivity index (χ4n) is 4.69. The SMILES string of the molecule is Cc1ccc(F)c(N2CCCC(NC(=O)C3(c4ccccc4Cl)CCOCC3)C2)c1. The lowest BCUT2D eigenvalue weighted by Crippen LogP contribution is -2.55. The Kier molecular flexibility index (Phi) is 6.30. The van der Waals surface area contributed by atoms with Crippen molar-refractivity contribution in [3.05, 3.63) is 64.4 Å². The highest BCUT2D eigenvalue weighted by Crippen LogP contribution is 2.39.